The zero-order valence-corrected chi connectivity index (χ0v) is 18.0. The first-order chi connectivity index (χ1) is 13.7. The topological polar surface area (TPSA) is 99.4 Å². The van der Waals surface area contributed by atoms with E-state index < -0.39 is 0 Å². The van der Waals surface area contributed by atoms with Crippen molar-refractivity contribution in [3.05, 3.63) is 38.6 Å². The third kappa shape index (κ3) is 3.30. The lowest BCUT2D eigenvalue weighted by Crippen LogP contribution is -2.51. The maximum atomic E-state index is 13.1. The van der Waals surface area contributed by atoms with Crippen LogP contribution in [0.15, 0.2) is 23.0 Å². The standard InChI is InChI=1S/C20H25Cl2N5O2/c1-11-16(23)20(10-29-11)6-8-27(9-7-20)19-25-17(24)14(18(28)26(19)2)12-4-3-5-13(21)15(12)22/h3-5,11,16H,6-10,23-24H2,1-2H3/t11-,16+/m0/s1. The molecule has 1 aromatic heterocycles. The van der Waals surface area contributed by atoms with Gasteiger partial charge in [0.05, 0.1) is 28.3 Å². The van der Waals surface area contributed by atoms with Crippen molar-refractivity contribution >= 4 is 35.0 Å². The second-order valence-electron chi connectivity index (χ2n) is 8.03. The minimum absolute atomic E-state index is 0.00538. The molecular weight excluding hydrogens is 413 g/mol. The molecule has 2 fully saturated rings. The van der Waals surface area contributed by atoms with Crippen LogP contribution in [-0.4, -0.2) is 41.4 Å². The van der Waals surface area contributed by atoms with E-state index in [0.29, 0.717) is 23.1 Å². The lowest BCUT2D eigenvalue weighted by molar-refractivity contribution is 0.0973. The van der Waals surface area contributed by atoms with Gasteiger partial charge in [0.1, 0.15) is 5.82 Å². The van der Waals surface area contributed by atoms with Crippen LogP contribution in [0, 0.1) is 5.41 Å². The van der Waals surface area contributed by atoms with Crippen molar-refractivity contribution in [3.8, 4) is 11.1 Å². The molecule has 3 heterocycles. The summed E-state index contributed by atoms with van der Waals surface area (Å²) < 4.78 is 7.31. The van der Waals surface area contributed by atoms with Gasteiger partial charge < -0.3 is 21.1 Å². The monoisotopic (exact) mass is 437 g/mol. The minimum Gasteiger partial charge on any atom is -0.383 e. The fraction of sp³-hybridized carbons (Fsp3) is 0.500. The van der Waals surface area contributed by atoms with Crippen LogP contribution in [-0.2, 0) is 11.8 Å². The maximum absolute atomic E-state index is 13.1. The number of nitrogens with zero attached hydrogens (tertiary/aromatic N) is 3. The third-order valence-corrected chi connectivity index (χ3v) is 7.22. The lowest BCUT2D eigenvalue weighted by Gasteiger charge is -2.41. The molecule has 4 N–H and O–H groups in total. The highest BCUT2D eigenvalue weighted by Gasteiger charge is 2.47. The molecule has 0 aliphatic carbocycles. The van der Waals surface area contributed by atoms with Gasteiger partial charge in [-0.25, -0.2) is 0 Å². The molecule has 9 heteroatoms. The molecule has 2 aliphatic heterocycles. The number of rotatable bonds is 2. The molecule has 4 rings (SSSR count). The molecule has 2 atom stereocenters. The Morgan fingerprint density at radius 3 is 2.59 bits per heavy atom. The van der Waals surface area contributed by atoms with Gasteiger partial charge >= 0.3 is 0 Å². The van der Waals surface area contributed by atoms with Gasteiger partial charge in [-0.05, 0) is 25.8 Å². The normalized spacial score (nSPS) is 23.7. The number of ether oxygens (including phenoxy) is 1. The van der Waals surface area contributed by atoms with Crippen LogP contribution in [0.25, 0.3) is 11.1 Å². The summed E-state index contributed by atoms with van der Waals surface area (Å²) in [5, 5.41) is 0.650. The Labute approximate surface area is 179 Å². The Bertz CT molecular complexity index is 1000. The first kappa shape index (κ1) is 20.5. The average Bonchev–Trinajstić information content (AvgIpc) is 2.97. The van der Waals surface area contributed by atoms with Crippen molar-refractivity contribution in [2.75, 3.05) is 30.3 Å². The zero-order chi connectivity index (χ0) is 20.9. The molecule has 2 saturated heterocycles. The molecule has 0 unspecified atom stereocenters. The van der Waals surface area contributed by atoms with Crippen LogP contribution >= 0.6 is 23.2 Å². The van der Waals surface area contributed by atoms with Crippen LogP contribution < -0.4 is 21.9 Å². The summed E-state index contributed by atoms with van der Waals surface area (Å²) in [6, 6.07) is 5.14. The van der Waals surface area contributed by atoms with E-state index in [4.69, 9.17) is 39.4 Å². The second-order valence-corrected chi connectivity index (χ2v) is 8.81. The number of nitrogens with two attached hydrogens (primary N) is 2. The Kier molecular flexibility index (Phi) is 5.27. The molecule has 1 spiro atoms. The van der Waals surface area contributed by atoms with Crippen LogP contribution in [0.4, 0.5) is 11.8 Å². The maximum Gasteiger partial charge on any atom is 0.264 e. The van der Waals surface area contributed by atoms with E-state index in [0.717, 1.165) is 25.9 Å². The Morgan fingerprint density at radius 1 is 1.28 bits per heavy atom. The molecule has 0 radical (unpaired) electrons. The van der Waals surface area contributed by atoms with Gasteiger partial charge in [0, 0.05) is 37.2 Å². The molecule has 156 valence electrons. The summed E-state index contributed by atoms with van der Waals surface area (Å²) in [6.07, 6.45) is 1.84. The van der Waals surface area contributed by atoms with Crippen LogP contribution in [0.3, 0.4) is 0 Å². The summed E-state index contributed by atoms with van der Waals surface area (Å²) in [6.45, 7) is 4.18. The highest BCUT2D eigenvalue weighted by atomic mass is 35.5. The summed E-state index contributed by atoms with van der Waals surface area (Å²) in [7, 11) is 1.70. The Hall–Kier alpha value is -1.80. The highest BCUT2D eigenvalue weighted by Crippen LogP contribution is 2.42. The number of hydrogen-bond donors (Lipinski definition) is 2. The summed E-state index contributed by atoms with van der Waals surface area (Å²) in [5.74, 6) is 0.687. The Morgan fingerprint density at radius 2 is 1.97 bits per heavy atom. The molecular formula is C20H25Cl2N5O2. The van der Waals surface area contributed by atoms with Gasteiger partial charge in [0.15, 0.2) is 0 Å². The first-order valence-corrected chi connectivity index (χ1v) is 10.4. The van der Waals surface area contributed by atoms with E-state index in [1.165, 1.54) is 4.57 Å². The second kappa shape index (κ2) is 7.47. The molecule has 0 amide bonds. The van der Waals surface area contributed by atoms with Crippen molar-refractivity contribution in [1.29, 1.82) is 0 Å². The van der Waals surface area contributed by atoms with E-state index in [-0.39, 0.29) is 39.5 Å². The van der Waals surface area contributed by atoms with Gasteiger partial charge in [-0.3, -0.25) is 9.36 Å². The summed E-state index contributed by atoms with van der Waals surface area (Å²) in [5.41, 5.74) is 13.1. The quantitative estimate of drug-likeness (QED) is 0.748. The van der Waals surface area contributed by atoms with Crippen molar-refractivity contribution < 1.29 is 4.74 Å². The number of halogens is 2. The number of aromatic nitrogens is 2. The summed E-state index contributed by atoms with van der Waals surface area (Å²) in [4.78, 5) is 19.8. The van der Waals surface area contributed by atoms with Crippen molar-refractivity contribution in [2.24, 2.45) is 18.2 Å². The van der Waals surface area contributed by atoms with E-state index in [9.17, 15) is 4.79 Å². The third-order valence-electron chi connectivity index (χ3n) is 6.40. The number of piperidine rings is 1. The van der Waals surface area contributed by atoms with Crippen LogP contribution in [0.5, 0.6) is 0 Å². The van der Waals surface area contributed by atoms with Crippen LogP contribution in [0.1, 0.15) is 19.8 Å². The minimum atomic E-state index is -0.258. The van der Waals surface area contributed by atoms with Crippen molar-refractivity contribution in [1.82, 2.24) is 9.55 Å². The molecule has 2 aliphatic rings. The predicted octanol–water partition coefficient (Wildman–Crippen LogP) is 2.67. The predicted molar refractivity (Wildman–Crippen MR) is 117 cm³/mol. The van der Waals surface area contributed by atoms with E-state index in [2.05, 4.69) is 9.88 Å². The van der Waals surface area contributed by atoms with E-state index in [1.54, 1.807) is 25.2 Å². The average molecular weight is 438 g/mol. The van der Waals surface area contributed by atoms with Gasteiger partial charge in [-0.1, -0.05) is 35.3 Å². The first-order valence-electron chi connectivity index (χ1n) is 9.68. The van der Waals surface area contributed by atoms with Crippen molar-refractivity contribution in [2.45, 2.75) is 31.9 Å². The number of nitrogen functional groups attached to an aromatic ring is 1. The zero-order valence-electron chi connectivity index (χ0n) is 16.5. The smallest absolute Gasteiger partial charge is 0.264 e. The van der Waals surface area contributed by atoms with Gasteiger partial charge in [0.25, 0.3) is 5.56 Å². The van der Waals surface area contributed by atoms with Gasteiger partial charge in [-0.15, -0.1) is 0 Å². The molecule has 0 saturated carbocycles. The van der Waals surface area contributed by atoms with Crippen LogP contribution in [0.2, 0.25) is 10.0 Å². The van der Waals surface area contributed by atoms with Gasteiger partial charge in [-0.2, -0.15) is 4.98 Å². The molecule has 1 aromatic carbocycles. The Balaban J connectivity index is 1.66. The molecule has 29 heavy (non-hydrogen) atoms. The van der Waals surface area contributed by atoms with Gasteiger partial charge in [0.2, 0.25) is 5.95 Å². The fourth-order valence-electron chi connectivity index (χ4n) is 4.46. The number of benzene rings is 1. The number of anilines is 2. The molecule has 0 bridgehead atoms. The fourth-order valence-corrected chi connectivity index (χ4v) is 4.86. The summed E-state index contributed by atoms with van der Waals surface area (Å²) >= 11 is 12.4. The van der Waals surface area contributed by atoms with E-state index in [1.807, 2.05) is 6.92 Å². The molecule has 2 aromatic rings. The largest absolute Gasteiger partial charge is 0.383 e. The SMILES string of the molecule is C[C@@H]1OCC2(CCN(c3nc(N)c(-c4cccc(Cl)c4Cl)c(=O)n3C)CC2)[C@@H]1N. The van der Waals surface area contributed by atoms with Crippen molar-refractivity contribution in [3.63, 3.8) is 0 Å². The number of hydrogen-bond acceptors (Lipinski definition) is 6. The lowest BCUT2D eigenvalue weighted by atomic mass is 9.73. The van der Waals surface area contributed by atoms with E-state index >= 15 is 0 Å². The highest BCUT2D eigenvalue weighted by molar-refractivity contribution is 6.43. The molecule has 7 nitrogen and oxygen atoms in total.